The number of nitrogens with zero attached hydrogens (tertiary/aromatic N) is 1. The predicted octanol–water partition coefficient (Wildman–Crippen LogP) is 7.56. The monoisotopic (exact) mass is 558 g/mol. The Morgan fingerprint density at radius 3 is 2.38 bits per heavy atom. The molecular weight excluding hydrogens is 532 g/mol. The Balaban J connectivity index is 1.55. The zero-order chi connectivity index (χ0) is 26.9. The van der Waals surface area contributed by atoms with E-state index in [2.05, 4.69) is 5.32 Å². The number of rotatable bonds is 6. The summed E-state index contributed by atoms with van der Waals surface area (Å²) in [6.07, 6.45) is -4.02. The predicted molar refractivity (Wildman–Crippen MR) is 134 cm³/mol. The number of fused-ring (bicyclic) bond motifs is 1. The van der Waals surface area contributed by atoms with Crippen LogP contribution in [0.3, 0.4) is 0 Å². The lowest BCUT2D eigenvalue weighted by atomic mass is 9.88. The van der Waals surface area contributed by atoms with E-state index in [1.165, 1.54) is 11.0 Å². The van der Waals surface area contributed by atoms with Crippen molar-refractivity contribution in [2.24, 2.45) is 5.92 Å². The second-order valence-corrected chi connectivity index (χ2v) is 10.4. The number of hydrogen-bond donors (Lipinski definition) is 1. The van der Waals surface area contributed by atoms with Crippen LogP contribution in [0.25, 0.3) is 0 Å². The molecule has 4 rings (SSSR count). The molecule has 0 saturated heterocycles. The van der Waals surface area contributed by atoms with Crippen LogP contribution in [-0.2, 0) is 22.1 Å². The van der Waals surface area contributed by atoms with E-state index in [1.807, 2.05) is 0 Å². The molecule has 1 saturated carbocycles. The van der Waals surface area contributed by atoms with Gasteiger partial charge >= 0.3 is 18.4 Å². The standard InChI is InChI=1S/C26H27Cl2F3N2O4/c1-14(2)37-25(35)33-22-6-5-17(26(29,30)31)11-20(22)21(13-23(33)16-3-4-16)32-24(34)36-8-7-15-9-18(27)12-19(28)10-15/h5-6,9-12,14,16,21,23H,3-4,7-8,13H2,1-2H3,(H,32,34)/t21-,23-/m0/s1. The third-order valence-corrected chi connectivity index (χ3v) is 6.77. The first-order valence-electron chi connectivity index (χ1n) is 12.0. The van der Waals surface area contributed by atoms with Crippen molar-refractivity contribution in [3.8, 4) is 0 Å². The lowest BCUT2D eigenvalue weighted by Gasteiger charge is -2.41. The van der Waals surface area contributed by atoms with Crippen molar-refractivity contribution in [2.45, 2.75) is 63.9 Å². The fourth-order valence-electron chi connectivity index (χ4n) is 4.60. The van der Waals surface area contributed by atoms with Crippen molar-refractivity contribution in [1.29, 1.82) is 0 Å². The molecule has 2 aromatic carbocycles. The molecule has 2 amide bonds. The molecule has 0 bridgehead atoms. The van der Waals surface area contributed by atoms with Gasteiger partial charge in [-0.15, -0.1) is 0 Å². The molecule has 1 aliphatic carbocycles. The minimum atomic E-state index is -4.59. The van der Waals surface area contributed by atoms with E-state index in [0.29, 0.717) is 22.2 Å². The number of benzene rings is 2. The molecule has 1 heterocycles. The molecule has 2 atom stereocenters. The summed E-state index contributed by atoms with van der Waals surface area (Å²) in [7, 11) is 0. The normalized spacial score (nSPS) is 19.4. The highest BCUT2D eigenvalue weighted by molar-refractivity contribution is 6.34. The van der Waals surface area contributed by atoms with Crippen molar-refractivity contribution < 1.29 is 32.2 Å². The molecule has 1 fully saturated rings. The lowest BCUT2D eigenvalue weighted by molar-refractivity contribution is -0.137. The van der Waals surface area contributed by atoms with Crippen LogP contribution in [0.1, 0.15) is 55.8 Å². The highest BCUT2D eigenvalue weighted by Crippen LogP contribution is 2.47. The summed E-state index contributed by atoms with van der Waals surface area (Å²) >= 11 is 12.0. The number of alkyl carbamates (subject to hydrolysis) is 1. The first kappa shape index (κ1) is 27.4. The number of carbonyl (C=O) groups is 2. The third kappa shape index (κ3) is 6.82. The van der Waals surface area contributed by atoms with Crippen molar-refractivity contribution in [2.75, 3.05) is 11.5 Å². The maximum absolute atomic E-state index is 13.5. The number of carbonyl (C=O) groups excluding carboxylic acids is 2. The lowest BCUT2D eigenvalue weighted by Crippen LogP contribution is -2.49. The molecule has 1 aliphatic heterocycles. The molecule has 37 heavy (non-hydrogen) atoms. The Labute approximate surface area is 223 Å². The van der Waals surface area contributed by atoms with Gasteiger partial charge in [-0.2, -0.15) is 13.2 Å². The average molecular weight is 559 g/mol. The molecule has 1 N–H and O–H groups in total. The maximum Gasteiger partial charge on any atom is 0.416 e. The van der Waals surface area contributed by atoms with Gasteiger partial charge in [0.05, 0.1) is 30.0 Å². The first-order chi connectivity index (χ1) is 17.4. The number of amides is 2. The van der Waals surface area contributed by atoms with Crippen LogP contribution >= 0.6 is 23.2 Å². The van der Waals surface area contributed by atoms with Crippen LogP contribution in [0.2, 0.25) is 10.0 Å². The number of ether oxygens (including phenoxy) is 2. The second kappa shape index (κ2) is 11.0. The molecule has 0 spiro atoms. The van der Waals surface area contributed by atoms with Gasteiger partial charge in [0, 0.05) is 22.5 Å². The molecule has 6 nitrogen and oxygen atoms in total. The summed E-state index contributed by atoms with van der Waals surface area (Å²) < 4.78 is 51.3. The zero-order valence-electron chi connectivity index (χ0n) is 20.3. The third-order valence-electron chi connectivity index (χ3n) is 6.34. The Morgan fingerprint density at radius 1 is 1.11 bits per heavy atom. The fourth-order valence-corrected chi connectivity index (χ4v) is 5.17. The van der Waals surface area contributed by atoms with Gasteiger partial charge < -0.3 is 14.8 Å². The minimum Gasteiger partial charge on any atom is -0.449 e. The fraction of sp³-hybridized carbons (Fsp3) is 0.462. The SMILES string of the molecule is CC(C)OC(=O)N1c2ccc(C(F)(F)F)cc2[C@@H](NC(=O)OCCc2cc(Cl)cc(Cl)c2)C[C@H]1C1CC1. The maximum atomic E-state index is 13.5. The van der Waals surface area contributed by atoms with Crippen LogP contribution in [0.15, 0.2) is 36.4 Å². The van der Waals surface area contributed by atoms with Gasteiger partial charge in [0.25, 0.3) is 0 Å². The molecule has 0 unspecified atom stereocenters. The minimum absolute atomic E-state index is 0.0174. The molecule has 2 aromatic rings. The van der Waals surface area contributed by atoms with Gasteiger partial charge in [-0.25, -0.2) is 9.59 Å². The van der Waals surface area contributed by atoms with Crippen molar-refractivity contribution in [3.05, 3.63) is 63.1 Å². The first-order valence-corrected chi connectivity index (χ1v) is 12.8. The number of hydrogen-bond acceptors (Lipinski definition) is 4. The molecule has 2 aliphatic rings. The summed E-state index contributed by atoms with van der Waals surface area (Å²) in [5, 5.41) is 3.63. The van der Waals surface area contributed by atoms with Crippen molar-refractivity contribution in [3.63, 3.8) is 0 Å². The largest absolute Gasteiger partial charge is 0.449 e. The van der Waals surface area contributed by atoms with Gasteiger partial charge in [-0.1, -0.05) is 23.2 Å². The molecule has 11 heteroatoms. The molecule has 200 valence electrons. The van der Waals surface area contributed by atoms with Gasteiger partial charge in [-0.05, 0) is 86.6 Å². The van der Waals surface area contributed by atoms with Crippen LogP contribution in [0.5, 0.6) is 0 Å². The molecule has 0 radical (unpaired) electrons. The Kier molecular flexibility index (Phi) is 8.14. The summed E-state index contributed by atoms with van der Waals surface area (Å²) in [6, 6.07) is 7.09. The van der Waals surface area contributed by atoms with E-state index in [4.69, 9.17) is 32.7 Å². The zero-order valence-corrected chi connectivity index (χ0v) is 21.8. The van der Waals surface area contributed by atoms with E-state index in [-0.39, 0.29) is 30.6 Å². The Hall–Kier alpha value is -2.65. The Morgan fingerprint density at radius 2 is 1.78 bits per heavy atom. The van der Waals surface area contributed by atoms with Crippen LogP contribution in [0.4, 0.5) is 28.4 Å². The summed E-state index contributed by atoms with van der Waals surface area (Å²) in [6.45, 7) is 3.43. The van der Waals surface area contributed by atoms with Crippen molar-refractivity contribution >= 4 is 41.1 Å². The topological polar surface area (TPSA) is 67.9 Å². The quantitative estimate of drug-likeness (QED) is 0.397. The van der Waals surface area contributed by atoms with Gasteiger partial charge in [0.1, 0.15) is 0 Å². The highest BCUT2D eigenvalue weighted by atomic mass is 35.5. The van der Waals surface area contributed by atoms with Gasteiger partial charge in [0.15, 0.2) is 0 Å². The summed E-state index contributed by atoms with van der Waals surface area (Å²) in [5.41, 5.74) is 0.384. The second-order valence-electron chi connectivity index (χ2n) is 9.57. The van der Waals surface area contributed by atoms with E-state index >= 15 is 0 Å². The van der Waals surface area contributed by atoms with E-state index < -0.39 is 36.1 Å². The van der Waals surface area contributed by atoms with Crippen LogP contribution < -0.4 is 10.2 Å². The number of anilines is 1. The Bertz CT molecular complexity index is 1150. The van der Waals surface area contributed by atoms with Gasteiger partial charge in [0.2, 0.25) is 0 Å². The smallest absolute Gasteiger partial charge is 0.416 e. The van der Waals surface area contributed by atoms with E-state index in [9.17, 15) is 22.8 Å². The number of nitrogens with one attached hydrogen (secondary N) is 1. The highest BCUT2D eigenvalue weighted by Gasteiger charge is 2.46. The molecule has 0 aromatic heterocycles. The molecular formula is C26H27Cl2F3N2O4. The van der Waals surface area contributed by atoms with Crippen LogP contribution in [-0.4, -0.2) is 30.9 Å². The summed E-state index contributed by atoms with van der Waals surface area (Å²) in [4.78, 5) is 27.1. The van der Waals surface area contributed by atoms with Gasteiger partial charge in [-0.3, -0.25) is 4.90 Å². The summed E-state index contributed by atoms with van der Waals surface area (Å²) in [5.74, 6) is 0.169. The van der Waals surface area contributed by atoms with E-state index in [0.717, 1.165) is 30.5 Å². The van der Waals surface area contributed by atoms with Crippen molar-refractivity contribution in [1.82, 2.24) is 5.32 Å². The van der Waals surface area contributed by atoms with E-state index in [1.54, 1.807) is 32.0 Å². The number of alkyl halides is 3. The average Bonchev–Trinajstić information content (AvgIpc) is 3.62. The van der Waals surface area contributed by atoms with Crippen LogP contribution in [0, 0.1) is 5.92 Å². The number of halogens is 5.